The van der Waals surface area contributed by atoms with Gasteiger partial charge in [0, 0.05) is 13.1 Å². The molecular formula is C19H22BrNO2S. The number of halogens is 1. The minimum atomic E-state index is 0.180. The second-order valence-electron chi connectivity index (χ2n) is 6.23. The van der Waals surface area contributed by atoms with Crippen molar-refractivity contribution in [1.29, 1.82) is 0 Å². The van der Waals surface area contributed by atoms with Crippen LogP contribution in [0.1, 0.15) is 34.5 Å². The molecule has 1 amide bonds. The maximum Gasteiger partial charge on any atom is 0.263 e. The third kappa shape index (κ3) is 4.39. The molecule has 1 fully saturated rings. The summed E-state index contributed by atoms with van der Waals surface area (Å²) < 4.78 is 6.21. The zero-order chi connectivity index (χ0) is 16.9. The SMILES string of the molecule is COc1ccc(CCC2CCN(C(=O)c3ccc(Br)s3)CC2)cc1. The Balaban J connectivity index is 1.45. The lowest BCUT2D eigenvalue weighted by molar-refractivity contribution is 0.0692. The number of benzene rings is 1. The summed E-state index contributed by atoms with van der Waals surface area (Å²) in [7, 11) is 1.69. The molecule has 1 aromatic carbocycles. The molecule has 1 aliphatic rings. The third-order valence-corrected chi connectivity index (χ3v) is 6.30. The van der Waals surface area contributed by atoms with Crippen LogP contribution in [-0.4, -0.2) is 31.0 Å². The van der Waals surface area contributed by atoms with Crippen LogP contribution < -0.4 is 4.74 Å². The molecule has 1 saturated heterocycles. The van der Waals surface area contributed by atoms with E-state index in [1.54, 1.807) is 7.11 Å². The highest BCUT2D eigenvalue weighted by Crippen LogP contribution is 2.27. The van der Waals surface area contributed by atoms with E-state index in [4.69, 9.17) is 4.74 Å². The third-order valence-electron chi connectivity index (χ3n) is 4.69. The Bertz CT molecular complexity index is 675. The second kappa shape index (κ2) is 8.17. The molecule has 0 bridgehead atoms. The predicted molar refractivity (Wildman–Crippen MR) is 102 cm³/mol. The van der Waals surface area contributed by atoms with Crippen molar-refractivity contribution >= 4 is 33.2 Å². The number of amides is 1. The van der Waals surface area contributed by atoms with Crippen LogP contribution in [-0.2, 0) is 6.42 Å². The maximum atomic E-state index is 12.5. The maximum absolute atomic E-state index is 12.5. The van der Waals surface area contributed by atoms with Crippen LogP contribution in [0.2, 0.25) is 0 Å². The number of hydrogen-bond acceptors (Lipinski definition) is 3. The summed E-state index contributed by atoms with van der Waals surface area (Å²) in [5, 5.41) is 0. The van der Waals surface area contributed by atoms with E-state index >= 15 is 0 Å². The first-order valence-electron chi connectivity index (χ1n) is 8.33. The molecular weight excluding hydrogens is 386 g/mol. The van der Waals surface area contributed by atoms with Gasteiger partial charge in [0.25, 0.3) is 5.91 Å². The van der Waals surface area contributed by atoms with E-state index < -0.39 is 0 Å². The number of aryl methyl sites for hydroxylation is 1. The van der Waals surface area contributed by atoms with Gasteiger partial charge < -0.3 is 9.64 Å². The minimum absolute atomic E-state index is 0.180. The highest BCUT2D eigenvalue weighted by Gasteiger charge is 2.24. The summed E-state index contributed by atoms with van der Waals surface area (Å²) in [5.41, 5.74) is 1.36. The molecule has 1 aromatic heterocycles. The van der Waals surface area contributed by atoms with Gasteiger partial charge in [-0.3, -0.25) is 4.79 Å². The summed E-state index contributed by atoms with van der Waals surface area (Å²) in [6.07, 6.45) is 4.50. The van der Waals surface area contributed by atoms with E-state index in [0.717, 1.165) is 46.8 Å². The first-order valence-corrected chi connectivity index (χ1v) is 9.94. The normalized spacial score (nSPS) is 15.5. The molecule has 1 aliphatic heterocycles. The van der Waals surface area contributed by atoms with Gasteiger partial charge in [0.1, 0.15) is 5.75 Å². The Morgan fingerprint density at radius 3 is 2.50 bits per heavy atom. The summed E-state index contributed by atoms with van der Waals surface area (Å²) in [4.78, 5) is 15.3. The zero-order valence-corrected chi connectivity index (χ0v) is 16.2. The van der Waals surface area contributed by atoms with Crippen LogP contribution in [0.25, 0.3) is 0 Å². The van der Waals surface area contributed by atoms with Crippen molar-refractivity contribution in [2.45, 2.75) is 25.7 Å². The van der Waals surface area contributed by atoms with Crippen LogP contribution in [0.5, 0.6) is 5.75 Å². The molecule has 0 aliphatic carbocycles. The predicted octanol–water partition coefficient (Wildman–Crippen LogP) is 5.00. The van der Waals surface area contributed by atoms with E-state index in [0.29, 0.717) is 5.92 Å². The molecule has 0 saturated carbocycles. The van der Waals surface area contributed by atoms with Crippen LogP contribution >= 0.6 is 27.3 Å². The van der Waals surface area contributed by atoms with Crippen molar-refractivity contribution < 1.29 is 9.53 Å². The minimum Gasteiger partial charge on any atom is -0.497 e. The highest BCUT2D eigenvalue weighted by atomic mass is 79.9. The average Bonchev–Trinajstić information content (AvgIpc) is 3.06. The molecule has 2 heterocycles. The van der Waals surface area contributed by atoms with Gasteiger partial charge in [0.05, 0.1) is 15.8 Å². The molecule has 2 aromatic rings. The fourth-order valence-corrected chi connectivity index (χ4v) is 4.53. The quantitative estimate of drug-likeness (QED) is 0.697. The van der Waals surface area contributed by atoms with Crippen LogP contribution in [0.3, 0.4) is 0 Å². The van der Waals surface area contributed by atoms with Gasteiger partial charge in [-0.2, -0.15) is 0 Å². The second-order valence-corrected chi connectivity index (χ2v) is 8.69. The van der Waals surface area contributed by atoms with Gasteiger partial charge in [0.2, 0.25) is 0 Å². The highest BCUT2D eigenvalue weighted by molar-refractivity contribution is 9.11. The van der Waals surface area contributed by atoms with Gasteiger partial charge in [-0.1, -0.05) is 12.1 Å². The molecule has 0 spiro atoms. The van der Waals surface area contributed by atoms with Crippen molar-refractivity contribution in [1.82, 2.24) is 4.90 Å². The number of thiophene rings is 1. The summed E-state index contributed by atoms with van der Waals surface area (Å²) >= 11 is 4.94. The van der Waals surface area contributed by atoms with Crippen molar-refractivity contribution in [2.75, 3.05) is 20.2 Å². The van der Waals surface area contributed by atoms with E-state index in [9.17, 15) is 4.79 Å². The molecule has 24 heavy (non-hydrogen) atoms. The number of ether oxygens (including phenoxy) is 1. The van der Waals surface area contributed by atoms with Crippen LogP contribution in [0.15, 0.2) is 40.2 Å². The van der Waals surface area contributed by atoms with Crippen molar-refractivity contribution in [3.8, 4) is 5.75 Å². The first kappa shape index (κ1) is 17.5. The Morgan fingerprint density at radius 2 is 1.92 bits per heavy atom. The van der Waals surface area contributed by atoms with E-state index in [2.05, 4.69) is 28.1 Å². The standard InChI is InChI=1S/C19H22BrNO2S/c1-23-16-6-4-14(5-7-16)2-3-15-10-12-21(13-11-15)19(22)17-8-9-18(20)24-17/h4-9,15H,2-3,10-13H2,1H3. The van der Waals surface area contributed by atoms with Gasteiger partial charge in [-0.25, -0.2) is 0 Å². The van der Waals surface area contributed by atoms with Gasteiger partial charge >= 0.3 is 0 Å². The van der Waals surface area contributed by atoms with Crippen LogP contribution in [0, 0.1) is 5.92 Å². The molecule has 0 atom stereocenters. The number of methoxy groups -OCH3 is 1. The lowest BCUT2D eigenvalue weighted by Crippen LogP contribution is -2.38. The average molecular weight is 408 g/mol. The van der Waals surface area contributed by atoms with Gasteiger partial charge in [-0.05, 0) is 77.4 Å². The monoisotopic (exact) mass is 407 g/mol. The fraction of sp³-hybridized carbons (Fsp3) is 0.421. The van der Waals surface area contributed by atoms with Crippen molar-refractivity contribution in [3.05, 3.63) is 50.6 Å². The lowest BCUT2D eigenvalue weighted by Gasteiger charge is -2.31. The molecule has 0 unspecified atom stereocenters. The summed E-state index contributed by atoms with van der Waals surface area (Å²) in [6.45, 7) is 1.75. The number of nitrogens with zero attached hydrogens (tertiary/aromatic N) is 1. The largest absolute Gasteiger partial charge is 0.497 e. The lowest BCUT2D eigenvalue weighted by atomic mass is 9.90. The zero-order valence-electron chi connectivity index (χ0n) is 13.8. The summed E-state index contributed by atoms with van der Waals surface area (Å²) in [5.74, 6) is 1.80. The van der Waals surface area contributed by atoms with Gasteiger partial charge in [-0.15, -0.1) is 11.3 Å². The molecule has 3 nitrogen and oxygen atoms in total. The molecule has 128 valence electrons. The summed E-state index contributed by atoms with van der Waals surface area (Å²) in [6, 6.07) is 12.2. The fourth-order valence-electron chi connectivity index (χ4n) is 3.17. The van der Waals surface area contributed by atoms with Crippen LogP contribution in [0.4, 0.5) is 0 Å². The van der Waals surface area contributed by atoms with Crippen molar-refractivity contribution in [3.63, 3.8) is 0 Å². The van der Waals surface area contributed by atoms with Gasteiger partial charge in [0.15, 0.2) is 0 Å². The number of carbonyl (C=O) groups excluding carboxylic acids is 1. The number of carbonyl (C=O) groups is 1. The molecule has 0 radical (unpaired) electrons. The topological polar surface area (TPSA) is 29.5 Å². The van der Waals surface area contributed by atoms with E-state index in [-0.39, 0.29) is 5.91 Å². The first-order chi connectivity index (χ1) is 11.7. The van der Waals surface area contributed by atoms with Crippen molar-refractivity contribution in [2.24, 2.45) is 5.92 Å². The number of rotatable bonds is 5. The molecule has 5 heteroatoms. The van der Waals surface area contributed by atoms with E-state index in [1.165, 1.54) is 23.3 Å². The number of likely N-dealkylation sites (tertiary alicyclic amines) is 1. The molecule has 0 N–H and O–H groups in total. The smallest absolute Gasteiger partial charge is 0.263 e. The Morgan fingerprint density at radius 1 is 1.21 bits per heavy atom. The molecule has 3 rings (SSSR count). The Hall–Kier alpha value is -1.33. The Labute approximate surface area is 155 Å². The number of hydrogen-bond donors (Lipinski definition) is 0. The number of piperidine rings is 1. The van der Waals surface area contributed by atoms with E-state index in [1.807, 2.05) is 29.2 Å². The Kier molecular flexibility index (Phi) is 5.95.